The van der Waals surface area contributed by atoms with Crippen molar-refractivity contribution in [3.63, 3.8) is 0 Å². The summed E-state index contributed by atoms with van der Waals surface area (Å²) < 4.78 is 0. The molecule has 2 heteroatoms. The number of nitrogens with one attached hydrogen (secondary N) is 2. The lowest BCUT2D eigenvalue weighted by Gasteiger charge is -2.31. The number of hydrogen-bond acceptors (Lipinski definition) is 2. The van der Waals surface area contributed by atoms with Crippen molar-refractivity contribution in [2.75, 3.05) is 13.1 Å². The van der Waals surface area contributed by atoms with Crippen molar-refractivity contribution in [1.29, 1.82) is 0 Å². The minimum Gasteiger partial charge on any atom is -0.389 e. The van der Waals surface area contributed by atoms with Gasteiger partial charge in [0, 0.05) is 24.8 Å². The molecule has 3 unspecified atom stereocenters. The Labute approximate surface area is 140 Å². The summed E-state index contributed by atoms with van der Waals surface area (Å²) in [6.07, 6.45) is 3.65. The summed E-state index contributed by atoms with van der Waals surface area (Å²) in [6.45, 7) is 24.7. The first-order valence-electron chi connectivity index (χ1n) is 9.25. The zero-order valence-electron chi connectivity index (χ0n) is 16.6. The van der Waals surface area contributed by atoms with Gasteiger partial charge in [-0.3, -0.25) is 0 Å². The first-order valence-corrected chi connectivity index (χ1v) is 9.25. The molecule has 0 saturated heterocycles. The van der Waals surface area contributed by atoms with E-state index in [0.29, 0.717) is 23.3 Å². The molecule has 0 radical (unpaired) electrons. The molecule has 22 heavy (non-hydrogen) atoms. The standard InChI is InChI=1S/C20H42N2/c1-10-17(5)19(7)21-12-11-16(4)13-20(8,9)14-22-18(6)15(2)3/h15-18,21-22H,7,10-14H2,1-6,8-9H3. The smallest absolute Gasteiger partial charge is 0.0146 e. The molecule has 0 spiro atoms. The van der Waals surface area contributed by atoms with E-state index in [1.165, 1.54) is 18.5 Å². The molecule has 0 aliphatic rings. The zero-order chi connectivity index (χ0) is 17.3. The maximum atomic E-state index is 4.14. The topological polar surface area (TPSA) is 24.1 Å². The van der Waals surface area contributed by atoms with Gasteiger partial charge >= 0.3 is 0 Å². The Balaban J connectivity index is 4.02. The third-order valence-corrected chi connectivity index (χ3v) is 5.00. The van der Waals surface area contributed by atoms with Crippen LogP contribution >= 0.6 is 0 Å². The zero-order valence-corrected chi connectivity index (χ0v) is 16.6. The molecule has 0 amide bonds. The van der Waals surface area contributed by atoms with Crippen LogP contribution in [0.15, 0.2) is 12.3 Å². The largest absolute Gasteiger partial charge is 0.389 e. The summed E-state index contributed by atoms with van der Waals surface area (Å²) >= 11 is 0. The fourth-order valence-corrected chi connectivity index (χ4v) is 2.69. The Morgan fingerprint density at radius 2 is 1.68 bits per heavy atom. The van der Waals surface area contributed by atoms with Crippen LogP contribution < -0.4 is 10.6 Å². The minimum absolute atomic E-state index is 0.357. The highest BCUT2D eigenvalue weighted by molar-refractivity contribution is 4.95. The first kappa shape index (κ1) is 21.5. The Bertz CT molecular complexity index is 307. The van der Waals surface area contributed by atoms with Crippen LogP contribution in [0, 0.1) is 23.2 Å². The third kappa shape index (κ3) is 9.50. The molecule has 0 aromatic rings. The van der Waals surface area contributed by atoms with Crippen LogP contribution in [0.3, 0.4) is 0 Å². The monoisotopic (exact) mass is 310 g/mol. The van der Waals surface area contributed by atoms with Crippen molar-refractivity contribution in [3.8, 4) is 0 Å². The average molecular weight is 311 g/mol. The molecule has 0 aromatic heterocycles. The third-order valence-electron chi connectivity index (χ3n) is 5.00. The minimum atomic E-state index is 0.357. The summed E-state index contributed by atoms with van der Waals surface area (Å²) in [5.74, 6) is 2.01. The van der Waals surface area contributed by atoms with E-state index in [-0.39, 0.29) is 0 Å². The Hall–Kier alpha value is -0.500. The number of hydrogen-bond donors (Lipinski definition) is 2. The van der Waals surface area contributed by atoms with Gasteiger partial charge in [0.1, 0.15) is 0 Å². The normalized spacial score (nSPS) is 16.4. The second-order valence-corrected chi connectivity index (χ2v) is 8.44. The highest BCUT2D eigenvalue weighted by atomic mass is 14.9. The van der Waals surface area contributed by atoms with Gasteiger partial charge < -0.3 is 10.6 Å². The van der Waals surface area contributed by atoms with E-state index in [2.05, 4.69) is 72.6 Å². The molecule has 0 rings (SSSR count). The molecule has 0 aliphatic carbocycles. The van der Waals surface area contributed by atoms with Crippen LogP contribution in [0.4, 0.5) is 0 Å². The number of allylic oxidation sites excluding steroid dienone is 1. The van der Waals surface area contributed by atoms with E-state index in [9.17, 15) is 0 Å². The summed E-state index contributed by atoms with van der Waals surface area (Å²) in [6, 6.07) is 0.593. The summed E-state index contributed by atoms with van der Waals surface area (Å²) in [4.78, 5) is 0. The van der Waals surface area contributed by atoms with Gasteiger partial charge in [-0.05, 0) is 49.4 Å². The van der Waals surface area contributed by atoms with Crippen molar-refractivity contribution in [2.45, 2.75) is 80.7 Å². The molecule has 0 aromatic carbocycles. The van der Waals surface area contributed by atoms with Gasteiger partial charge in [0.25, 0.3) is 0 Å². The van der Waals surface area contributed by atoms with Gasteiger partial charge in [0.15, 0.2) is 0 Å². The van der Waals surface area contributed by atoms with Crippen molar-refractivity contribution in [2.24, 2.45) is 23.2 Å². The Morgan fingerprint density at radius 1 is 1.09 bits per heavy atom. The van der Waals surface area contributed by atoms with E-state index in [0.717, 1.165) is 25.4 Å². The van der Waals surface area contributed by atoms with E-state index < -0.39 is 0 Å². The molecule has 3 atom stereocenters. The van der Waals surface area contributed by atoms with Crippen LogP contribution in [-0.4, -0.2) is 19.1 Å². The van der Waals surface area contributed by atoms with Gasteiger partial charge in [-0.1, -0.05) is 55.0 Å². The maximum Gasteiger partial charge on any atom is 0.0146 e. The van der Waals surface area contributed by atoms with Crippen LogP contribution in [0.1, 0.15) is 74.7 Å². The predicted octanol–water partition coefficient (Wildman–Crippen LogP) is 5.21. The SMILES string of the molecule is C=C(NCCC(C)CC(C)(C)CNC(C)C(C)C)C(C)CC. The molecule has 132 valence electrons. The first-order chi connectivity index (χ1) is 10.1. The summed E-state index contributed by atoms with van der Waals surface area (Å²) in [5.41, 5.74) is 1.55. The lowest BCUT2D eigenvalue weighted by Crippen LogP contribution is -2.39. The van der Waals surface area contributed by atoms with Crippen molar-refractivity contribution in [1.82, 2.24) is 10.6 Å². The molecular weight excluding hydrogens is 268 g/mol. The number of rotatable bonds is 12. The van der Waals surface area contributed by atoms with Gasteiger partial charge in [-0.15, -0.1) is 0 Å². The van der Waals surface area contributed by atoms with Gasteiger partial charge in [-0.2, -0.15) is 0 Å². The van der Waals surface area contributed by atoms with Gasteiger partial charge in [0.2, 0.25) is 0 Å². The van der Waals surface area contributed by atoms with E-state index in [1.54, 1.807) is 0 Å². The fraction of sp³-hybridized carbons (Fsp3) is 0.900. The summed E-state index contributed by atoms with van der Waals surface area (Å²) in [5, 5.41) is 7.20. The van der Waals surface area contributed by atoms with Gasteiger partial charge in [-0.25, -0.2) is 0 Å². The Kier molecular flexibility index (Phi) is 10.1. The van der Waals surface area contributed by atoms with Crippen LogP contribution in [0.25, 0.3) is 0 Å². The molecular formula is C20H42N2. The molecule has 2 nitrogen and oxygen atoms in total. The highest BCUT2D eigenvalue weighted by Crippen LogP contribution is 2.26. The van der Waals surface area contributed by atoms with E-state index >= 15 is 0 Å². The fourth-order valence-electron chi connectivity index (χ4n) is 2.69. The molecule has 0 aliphatic heterocycles. The highest BCUT2D eigenvalue weighted by Gasteiger charge is 2.22. The van der Waals surface area contributed by atoms with E-state index in [1.807, 2.05) is 0 Å². The maximum absolute atomic E-state index is 4.14. The quantitative estimate of drug-likeness (QED) is 0.517. The average Bonchev–Trinajstić information content (AvgIpc) is 2.42. The van der Waals surface area contributed by atoms with Crippen LogP contribution in [-0.2, 0) is 0 Å². The Morgan fingerprint density at radius 3 is 2.18 bits per heavy atom. The van der Waals surface area contributed by atoms with E-state index in [4.69, 9.17) is 0 Å². The second kappa shape index (κ2) is 10.3. The molecule has 0 fully saturated rings. The van der Waals surface area contributed by atoms with Crippen LogP contribution in [0.2, 0.25) is 0 Å². The van der Waals surface area contributed by atoms with Crippen molar-refractivity contribution < 1.29 is 0 Å². The molecule has 2 N–H and O–H groups in total. The predicted molar refractivity (Wildman–Crippen MR) is 101 cm³/mol. The van der Waals surface area contributed by atoms with Crippen LogP contribution in [0.5, 0.6) is 0 Å². The second-order valence-electron chi connectivity index (χ2n) is 8.44. The lowest BCUT2D eigenvalue weighted by atomic mass is 9.81. The van der Waals surface area contributed by atoms with Crippen molar-refractivity contribution >= 4 is 0 Å². The van der Waals surface area contributed by atoms with Gasteiger partial charge in [0.05, 0.1) is 0 Å². The molecule has 0 bridgehead atoms. The molecule has 0 heterocycles. The molecule has 0 saturated carbocycles. The van der Waals surface area contributed by atoms with Crippen molar-refractivity contribution in [3.05, 3.63) is 12.3 Å². The lowest BCUT2D eigenvalue weighted by molar-refractivity contribution is 0.239. The summed E-state index contributed by atoms with van der Waals surface area (Å²) in [7, 11) is 0.